The third-order valence-electron chi connectivity index (χ3n) is 1.31. The van der Waals surface area contributed by atoms with E-state index in [1.165, 1.54) is 4.90 Å². The molecule has 0 aliphatic carbocycles. The number of rotatable bonds is 5. The number of hydrogen-bond donors (Lipinski definition) is 1. The fourth-order valence-corrected chi connectivity index (χ4v) is 2.34. The third kappa shape index (κ3) is 3.62. The molecule has 0 aliphatic heterocycles. The van der Waals surface area contributed by atoms with Crippen molar-refractivity contribution in [2.75, 3.05) is 9.48 Å². The Morgan fingerprint density at radius 1 is 1.85 bits per heavy atom. The van der Waals surface area contributed by atoms with Crippen molar-refractivity contribution in [2.45, 2.75) is 6.92 Å². The van der Waals surface area contributed by atoms with Crippen LogP contribution in [0.15, 0.2) is 24.3 Å². The summed E-state index contributed by atoms with van der Waals surface area (Å²) in [5.74, 6) is -0.0888. The van der Waals surface area contributed by atoms with E-state index in [-0.39, 0.29) is 27.0 Å². The number of nitrogens with two attached hydrogens (primary N) is 1. The minimum absolute atomic E-state index is 0.0673. The summed E-state index contributed by atoms with van der Waals surface area (Å²) in [4.78, 5) is 13.6. The van der Waals surface area contributed by atoms with Crippen molar-refractivity contribution >= 4 is 0 Å². The van der Waals surface area contributed by atoms with Crippen molar-refractivity contribution < 1.29 is 26.1 Å². The summed E-state index contributed by atoms with van der Waals surface area (Å²) >= 11 is -0.0673. The predicted octanol–water partition coefficient (Wildman–Crippen LogP) is -2.47. The summed E-state index contributed by atoms with van der Waals surface area (Å²) < 4.78 is 0.665. The molecule has 0 rings (SSSR count). The molecular formula is C7H13IN3O2-. The Kier molecular flexibility index (Phi) is 5.44. The first-order valence-electron chi connectivity index (χ1n) is 3.47. The van der Waals surface area contributed by atoms with Gasteiger partial charge in [0, 0.05) is 0 Å². The van der Waals surface area contributed by atoms with Gasteiger partial charge in [0.2, 0.25) is 0 Å². The quantitative estimate of drug-likeness (QED) is 0.201. The molecule has 5 nitrogen and oxygen atoms in total. The van der Waals surface area contributed by atoms with E-state index >= 15 is 0 Å². The molecule has 0 unspecified atom stereocenters. The van der Waals surface area contributed by atoms with Crippen molar-refractivity contribution in [2.24, 2.45) is 5.73 Å². The van der Waals surface area contributed by atoms with E-state index in [1.54, 1.807) is 6.92 Å². The van der Waals surface area contributed by atoms with E-state index in [2.05, 4.69) is 6.58 Å². The Morgan fingerprint density at radius 2 is 2.38 bits per heavy atom. The molecule has 0 amide bonds. The minimum atomic E-state index is -0.492. The summed E-state index contributed by atoms with van der Waals surface area (Å²) in [5.41, 5.74) is 5.82. The predicted molar refractivity (Wildman–Crippen MR) is 46.7 cm³/mol. The zero-order valence-electron chi connectivity index (χ0n) is 7.66. The van der Waals surface area contributed by atoms with Gasteiger partial charge in [0.15, 0.2) is 0 Å². The van der Waals surface area contributed by atoms with Gasteiger partial charge in [-0.3, -0.25) is 0 Å². The standard InChI is InChI=1S/C7H13IN3O2/c1-6(2)10(5-8-3)7(4-9)11(12)13/h4H,1,5,9H2,2-3H3/q-1/b7-4+. The van der Waals surface area contributed by atoms with Crippen molar-refractivity contribution in [3.63, 3.8) is 0 Å². The molecule has 6 heteroatoms. The van der Waals surface area contributed by atoms with Crippen LogP contribution in [0.25, 0.3) is 0 Å². The molecule has 0 radical (unpaired) electrons. The van der Waals surface area contributed by atoms with Crippen LogP contribution in [-0.2, 0) is 0 Å². The third-order valence-corrected chi connectivity index (χ3v) is 2.68. The number of alkyl halides is 2. The second-order valence-corrected chi connectivity index (χ2v) is 4.54. The molecule has 0 saturated carbocycles. The molecule has 0 atom stereocenters. The van der Waals surface area contributed by atoms with Gasteiger partial charge in [-0.15, -0.1) is 0 Å². The molecule has 76 valence electrons. The van der Waals surface area contributed by atoms with Gasteiger partial charge in [0.05, 0.1) is 0 Å². The fraction of sp³-hybridized carbons (Fsp3) is 0.429. The average Bonchev–Trinajstić information content (AvgIpc) is 2.03. The van der Waals surface area contributed by atoms with Crippen molar-refractivity contribution in [3.8, 4) is 0 Å². The summed E-state index contributed by atoms with van der Waals surface area (Å²) in [5, 5.41) is 10.5. The molecular weight excluding hydrogens is 285 g/mol. The summed E-state index contributed by atoms with van der Waals surface area (Å²) in [6.07, 6.45) is 1.01. The summed E-state index contributed by atoms with van der Waals surface area (Å²) in [6, 6.07) is 0. The van der Waals surface area contributed by atoms with Crippen LogP contribution in [0.5, 0.6) is 0 Å². The van der Waals surface area contributed by atoms with Gasteiger partial charge in [-0.2, -0.15) is 0 Å². The maximum absolute atomic E-state index is 10.5. The van der Waals surface area contributed by atoms with Crippen LogP contribution in [0.3, 0.4) is 0 Å². The molecule has 0 aromatic carbocycles. The van der Waals surface area contributed by atoms with Crippen LogP contribution in [0, 0.1) is 10.1 Å². The zero-order chi connectivity index (χ0) is 10.4. The average molecular weight is 298 g/mol. The van der Waals surface area contributed by atoms with Crippen LogP contribution < -0.4 is 26.9 Å². The normalized spacial score (nSPS) is 11.4. The number of hydrogen-bond acceptors (Lipinski definition) is 4. The van der Waals surface area contributed by atoms with Crippen LogP contribution in [0.2, 0.25) is 0 Å². The van der Waals surface area contributed by atoms with Gasteiger partial charge in [-0.1, -0.05) is 0 Å². The van der Waals surface area contributed by atoms with Gasteiger partial charge >= 0.3 is 87.6 Å². The van der Waals surface area contributed by atoms with Crippen molar-refractivity contribution in [1.29, 1.82) is 0 Å². The van der Waals surface area contributed by atoms with E-state index in [9.17, 15) is 10.1 Å². The summed E-state index contributed by atoms with van der Waals surface area (Å²) in [7, 11) is 0. The van der Waals surface area contributed by atoms with Crippen molar-refractivity contribution in [1.82, 2.24) is 4.90 Å². The molecule has 0 aliphatic rings. The molecule has 0 spiro atoms. The molecule has 0 bridgehead atoms. The fourth-order valence-electron chi connectivity index (χ4n) is 0.728. The number of nitro groups is 1. The van der Waals surface area contributed by atoms with E-state index in [1.807, 2.05) is 4.93 Å². The van der Waals surface area contributed by atoms with E-state index in [4.69, 9.17) is 5.73 Å². The zero-order valence-corrected chi connectivity index (χ0v) is 9.82. The summed E-state index contributed by atoms with van der Waals surface area (Å²) in [6.45, 7) is 5.40. The van der Waals surface area contributed by atoms with Gasteiger partial charge in [0.25, 0.3) is 0 Å². The molecule has 13 heavy (non-hydrogen) atoms. The molecule has 2 N–H and O–H groups in total. The van der Waals surface area contributed by atoms with Crippen LogP contribution in [-0.4, -0.2) is 19.3 Å². The van der Waals surface area contributed by atoms with Crippen LogP contribution >= 0.6 is 0 Å². The van der Waals surface area contributed by atoms with Gasteiger partial charge in [0.1, 0.15) is 0 Å². The molecule has 0 aromatic rings. The Bertz CT molecular complexity index is 240. The van der Waals surface area contributed by atoms with Crippen LogP contribution in [0.4, 0.5) is 0 Å². The SMILES string of the molecule is C=C(C)N(C[I-]C)/C(=C\N)[N+](=O)[O-]. The number of halogens is 1. The molecule has 0 fully saturated rings. The van der Waals surface area contributed by atoms with Crippen LogP contribution in [0.1, 0.15) is 6.92 Å². The first kappa shape index (κ1) is 12.2. The molecule has 0 aromatic heterocycles. The first-order chi connectivity index (χ1) is 6.04. The topological polar surface area (TPSA) is 72.4 Å². The Labute approximate surface area is 87.7 Å². The maximum atomic E-state index is 10.5. The van der Waals surface area contributed by atoms with E-state index < -0.39 is 4.92 Å². The van der Waals surface area contributed by atoms with Crippen molar-refractivity contribution in [3.05, 3.63) is 34.4 Å². The second-order valence-electron chi connectivity index (χ2n) is 2.33. The van der Waals surface area contributed by atoms with E-state index in [0.717, 1.165) is 6.20 Å². The second kappa shape index (κ2) is 5.79. The Hall–Kier alpha value is -0.790. The van der Waals surface area contributed by atoms with Gasteiger partial charge in [-0.25, -0.2) is 0 Å². The first-order valence-corrected chi connectivity index (χ1v) is 7.16. The number of nitrogens with zero attached hydrogens (tertiary/aromatic N) is 2. The number of allylic oxidation sites excluding steroid dienone is 1. The Morgan fingerprint density at radius 3 is 2.62 bits per heavy atom. The monoisotopic (exact) mass is 298 g/mol. The Balaban J connectivity index is 4.70. The molecule has 0 heterocycles. The van der Waals surface area contributed by atoms with Gasteiger partial charge < -0.3 is 0 Å². The van der Waals surface area contributed by atoms with Gasteiger partial charge in [-0.05, 0) is 0 Å². The van der Waals surface area contributed by atoms with E-state index in [0.29, 0.717) is 10.2 Å². The molecule has 0 saturated heterocycles.